The normalized spacial score (nSPS) is 20.3. The van der Waals surface area contributed by atoms with Crippen LogP contribution >= 0.6 is 0 Å². The lowest BCUT2D eigenvalue weighted by molar-refractivity contribution is -0.125. The molecule has 1 aromatic rings. The number of imide groups is 1. The zero-order valence-electron chi connectivity index (χ0n) is 14.9. The smallest absolute Gasteiger partial charge is 0.322 e. The molecule has 0 saturated carbocycles. The molecule has 9 heteroatoms. The molecule has 0 aliphatic carbocycles. The van der Waals surface area contributed by atoms with E-state index in [1.807, 2.05) is 13.8 Å². The van der Waals surface area contributed by atoms with Gasteiger partial charge in [-0.1, -0.05) is 26.0 Å². The van der Waals surface area contributed by atoms with Gasteiger partial charge in [-0.15, -0.1) is 0 Å². The molecule has 0 spiro atoms. The first-order chi connectivity index (χ1) is 12.1. The summed E-state index contributed by atoms with van der Waals surface area (Å²) in [5.74, 6) is -1.34. The summed E-state index contributed by atoms with van der Waals surface area (Å²) in [6.45, 7) is 4.97. The Hall–Kier alpha value is -2.94. The lowest BCUT2D eigenvalue weighted by atomic mass is 9.92. The van der Waals surface area contributed by atoms with Crippen molar-refractivity contribution in [3.05, 3.63) is 29.8 Å². The Balaban J connectivity index is 2.00. The molecule has 5 amide bonds. The first-order valence-electron chi connectivity index (χ1n) is 8.21. The molecular formula is C17H23N5O4. The van der Waals surface area contributed by atoms with Crippen molar-refractivity contribution in [2.45, 2.75) is 32.4 Å². The molecule has 1 saturated heterocycles. The molecule has 1 unspecified atom stereocenters. The van der Waals surface area contributed by atoms with E-state index < -0.39 is 35.3 Å². The summed E-state index contributed by atoms with van der Waals surface area (Å²) in [7, 11) is 0. The van der Waals surface area contributed by atoms with Gasteiger partial charge in [-0.05, 0) is 30.5 Å². The highest BCUT2D eigenvalue weighted by Gasteiger charge is 2.43. The number of hydrogen-bond acceptors (Lipinski definition) is 5. The Bertz CT molecular complexity index is 748. The topological polar surface area (TPSA) is 142 Å². The van der Waals surface area contributed by atoms with Gasteiger partial charge < -0.3 is 21.7 Å². The summed E-state index contributed by atoms with van der Waals surface area (Å²) in [6, 6.07) is 5.30. The standard InChI is InChI=1S/C17H23N5O4/c1-9(2)13(18)14(24)19-8-12(23)20-11-6-4-5-10(7-11)17(3)15(25)21-16(26)22-17/h4-7,9,13H,8,18H2,1-3H3,(H,19,24)(H,20,23)(H2,21,22,25,26)/t13-,17?/m0/s1. The monoisotopic (exact) mass is 361 g/mol. The molecule has 1 aromatic carbocycles. The number of carbonyl (C=O) groups excluding carboxylic acids is 4. The first-order valence-corrected chi connectivity index (χ1v) is 8.21. The van der Waals surface area contributed by atoms with Crippen molar-refractivity contribution in [2.75, 3.05) is 11.9 Å². The molecule has 1 fully saturated rings. The highest BCUT2D eigenvalue weighted by Crippen LogP contribution is 2.26. The average Bonchev–Trinajstić information content (AvgIpc) is 2.85. The second-order valence-electron chi connectivity index (χ2n) is 6.65. The predicted octanol–water partition coefficient (Wildman–Crippen LogP) is -0.221. The third-order valence-corrected chi connectivity index (χ3v) is 4.21. The van der Waals surface area contributed by atoms with Gasteiger partial charge in [0.05, 0.1) is 12.6 Å². The van der Waals surface area contributed by atoms with Crippen LogP contribution in [0.15, 0.2) is 24.3 Å². The quantitative estimate of drug-likeness (QED) is 0.445. The van der Waals surface area contributed by atoms with E-state index in [2.05, 4.69) is 21.3 Å². The number of anilines is 1. The van der Waals surface area contributed by atoms with Crippen LogP contribution in [0.2, 0.25) is 0 Å². The van der Waals surface area contributed by atoms with Gasteiger partial charge in [0.15, 0.2) is 0 Å². The van der Waals surface area contributed by atoms with Gasteiger partial charge in [0.2, 0.25) is 11.8 Å². The van der Waals surface area contributed by atoms with Crippen LogP contribution in [-0.4, -0.2) is 36.3 Å². The van der Waals surface area contributed by atoms with Crippen LogP contribution in [0, 0.1) is 5.92 Å². The molecule has 1 aliphatic heterocycles. The Kier molecular flexibility index (Phi) is 5.61. The molecule has 2 atom stereocenters. The van der Waals surface area contributed by atoms with E-state index in [-0.39, 0.29) is 12.5 Å². The van der Waals surface area contributed by atoms with Crippen LogP contribution in [0.4, 0.5) is 10.5 Å². The number of urea groups is 1. The molecule has 1 heterocycles. The fourth-order valence-electron chi connectivity index (χ4n) is 2.45. The summed E-state index contributed by atoms with van der Waals surface area (Å²) in [4.78, 5) is 47.2. The summed E-state index contributed by atoms with van der Waals surface area (Å²) in [5.41, 5.74) is 5.45. The van der Waals surface area contributed by atoms with Gasteiger partial charge in [0, 0.05) is 5.69 Å². The van der Waals surface area contributed by atoms with Crippen molar-refractivity contribution >= 4 is 29.4 Å². The van der Waals surface area contributed by atoms with Crippen molar-refractivity contribution in [1.29, 1.82) is 0 Å². The van der Waals surface area contributed by atoms with Gasteiger partial charge in [-0.25, -0.2) is 4.79 Å². The molecule has 140 valence electrons. The lowest BCUT2D eigenvalue weighted by Gasteiger charge is -2.21. The lowest BCUT2D eigenvalue weighted by Crippen LogP contribution is -2.46. The molecule has 0 radical (unpaired) electrons. The summed E-state index contributed by atoms with van der Waals surface area (Å²) >= 11 is 0. The Morgan fingerprint density at radius 1 is 1.27 bits per heavy atom. The Morgan fingerprint density at radius 3 is 2.54 bits per heavy atom. The van der Waals surface area contributed by atoms with E-state index in [1.54, 1.807) is 31.2 Å². The highest BCUT2D eigenvalue weighted by atomic mass is 16.2. The Labute approximate surface area is 151 Å². The number of nitrogens with two attached hydrogens (primary N) is 1. The fraction of sp³-hybridized carbons (Fsp3) is 0.412. The summed E-state index contributed by atoms with van der Waals surface area (Å²) in [5, 5.41) is 9.85. The van der Waals surface area contributed by atoms with Crippen molar-refractivity contribution in [3.8, 4) is 0 Å². The fourth-order valence-corrected chi connectivity index (χ4v) is 2.45. The number of carbonyl (C=O) groups is 4. The molecule has 1 aliphatic rings. The van der Waals surface area contributed by atoms with E-state index in [1.165, 1.54) is 0 Å². The minimum atomic E-state index is -1.21. The number of hydrogen-bond donors (Lipinski definition) is 5. The molecule has 6 N–H and O–H groups in total. The van der Waals surface area contributed by atoms with Gasteiger partial charge in [-0.2, -0.15) is 0 Å². The van der Waals surface area contributed by atoms with Crippen LogP contribution < -0.4 is 27.0 Å². The van der Waals surface area contributed by atoms with Crippen LogP contribution in [-0.2, 0) is 19.9 Å². The third kappa shape index (κ3) is 4.17. The molecule has 9 nitrogen and oxygen atoms in total. The average molecular weight is 361 g/mol. The second-order valence-corrected chi connectivity index (χ2v) is 6.65. The van der Waals surface area contributed by atoms with Crippen LogP contribution in [0.3, 0.4) is 0 Å². The highest BCUT2D eigenvalue weighted by molar-refractivity contribution is 6.07. The molecule has 0 bridgehead atoms. The van der Waals surface area contributed by atoms with E-state index in [4.69, 9.17) is 5.73 Å². The SMILES string of the molecule is CC(C)[C@H](N)C(=O)NCC(=O)Nc1cccc(C2(C)NC(=O)NC2=O)c1. The van der Waals surface area contributed by atoms with Crippen LogP contribution in [0.25, 0.3) is 0 Å². The summed E-state index contributed by atoms with van der Waals surface area (Å²) < 4.78 is 0. The third-order valence-electron chi connectivity index (χ3n) is 4.21. The van der Waals surface area contributed by atoms with Crippen LogP contribution in [0.5, 0.6) is 0 Å². The minimum absolute atomic E-state index is 0.0387. The minimum Gasteiger partial charge on any atom is -0.346 e. The van der Waals surface area contributed by atoms with Crippen molar-refractivity contribution in [1.82, 2.24) is 16.0 Å². The molecule has 26 heavy (non-hydrogen) atoms. The van der Waals surface area contributed by atoms with E-state index in [9.17, 15) is 19.2 Å². The maximum absolute atomic E-state index is 12.0. The summed E-state index contributed by atoms with van der Waals surface area (Å²) in [6.07, 6.45) is 0. The zero-order valence-corrected chi connectivity index (χ0v) is 14.9. The molecule has 0 aromatic heterocycles. The zero-order chi connectivity index (χ0) is 19.5. The van der Waals surface area contributed by atoms with Gasteiger partial charge in [0.1, 0.15) is 5.54 Å². The van der Waals surface area contributed by atoms with Gasteiger partial charge in [0.25, 0.3) is 5.91 Å². The second kappa shape index (κ2) is 7.52. The Morgan fingerprint density at radius 2 is 1.96 bits per heavy atom. The van der Waals surface area contributed by atoms with Crippen molar-refractivity contribution in [3.63, 3.8) is 0 Å². The molecule has 2 rings (SSSR count). The number of nitrogens with one attached hydrogen (secondary N) is 4. The number of benzene rings is 1. The number of rotatable bonds is 6. The van der Waals surface area contributed by atoms with E-state index >= 15 is 0 Å². The van der Waals surface area contributed by atoms with Crippen molar-refractivity contribution < 1.29 is 19.2 Å². The van der Waals surface area contributed by atoms with Crippen LogP contribution in [0.1, 0.15) is 26.3 Å². The maximum atomic E-state index is 12.0. The van der Waals surface area contributed by atoms with E-state index in [0.29, 0.717) is 11.3 Å². The largest absolute Gasteiger partial charge is 0.346 e. The maximum Gasteiger partial charge on any atom is 0.322 e. The number of amides is 5. The predicted molar refractivity (Wildman–Crippen MR) is 94.9 cm³/mol. The first kappa shape index (κ1) is 19.4. The van der Waals surface area contributed by atoms with E-state index in [0.717, 1.165) is 0 Å². The van der Waals surface area contributed by atoms with Crippen molar-refractivity contribution in [2.24, 2.45) is 11.7 Å². The molecular weight excluding hydrogens is 338 g/mol. The van der Waals surface area contributed by atoms with Gasteiger partial charge in [-0.3, -0.25) is 19.7 Å². The van der Waals surface area contributed by atoms with Gasteiger partial charge >= 0.3 is 6.03 Å².